The number of carbonyl (C=O) groups excluding carboxylic acids is 2. The van der Waals surface area contributed by atoms with Crippen molar-refractivity contribution in [1.29, 1.82) is 0 Å². The smallest absolute Gasteiger partial charge is 0.245 e. The molecule has 0 bridgehead atoms. The quantitative estimate of drug-likeness (QED) is 0.602. The van der Waals surface area contributed by atoms with Gasteiger partial charge in [0.2, 0.25) is 21.8 Å². The van der Waals surface area contributed by atoms with Gasteiger partial charge in [-0.2, -0.15) is 4.72 Å². The van der Waals surface area contributed by atoms with E-state index in [9.17, 15) is 18.0 Å². The molecule has 0 spiro atoms. The standard InChI is InChI=1S/C13H19N3O4S/c1-3-8(2)9-4-6-10(7-5-9)21(19,20)16-11(12(14)17)13(15)18/h4-8,11,16H,3H2,1-2H3,(H2,14,17)(H2,15,18). The number of primary amides is 2. The van der Waals surface area contributed by atoms with Gasteiger partial charge in [0.25, 0.3) is 0 Å². The summed E-state index contributed by atoms with van der Waals surface area (Å²) in [6.45, 7) is 4.05. The van der Waals surface area contributed by atoms with Crippen LogP contribution >= 0.6 is 0 Å². The van der Waals surface area contributed by atoms with Crippen LogP contribution in [0.25, 0.3) is 0 Å². The van der Waals surface area contributed by atoms with Gasteiger partial charge in [-0.05, 0) is 30.0 Å². The Morgan fingerprint density at radius 3 is 2.00 bits per heavy atom. The molecule has 1 unspecified atom stereocenters. The van der Waals surface area contributed by atoms with Crippen molar-refractivity contribution in [2.45, 2.75) is 37.1 Å². The second-order valence-corrected chi connectivity index (χ2v) is 6.45. The Labute approximate surface area is 123 Å². The number of nitrogens with two attached hydrogens (primary N) is 2. The van der Waals surface area contributed by atoms with Crippen molar-refractivity contribution < 1.29 is 18.0 Å². The third-order valence-corrected chi connectivity index (χ3v) is 4.65. The second-order valence-electron chi connectivity index (χ2n) is 4.74. The van der Waals surface area contributed by atoms with E-state index in [0.29, 0.717) is 5.92 Å². The summed E-state index contributed by atoms with van der Waals surface area (Å²) in [4.78, 5) is 22.0. The van der Waals surface area contributed by atoms with Crippen LogP contribution in [-0.2, 0) is 19.6 Å². The molecule has 1 aromatic rings. The van der Waals surface area contributed by atoms with E-state index in [1.54, 1.807) is 12.1 Å². The first-order chi connectivity index (χ1) is 9.69. The van der Waals surface area contributed by atoms with Crippen LogP contribution in [-0.4, -0.2) is 26.3 Å². The van der Waals surface area contributed by atoms with Crippen molar-refractivity contribution in [3.8, 4) is 0 Å². The molecule has 7 nitrogen and oxygen atoms in total. The highest BCUT2D eigenvalue weighted by atomic mass is 32.2. The summed E-state index contributed by atoms with van der Waals surface area (Å²) >= 11 is 0. The summed E-state index contributed by atoms with van der Waals surface area (Å²) in [6, 6.07) is 4.41. The van der Waals surface area contributed by atoms with Crippen molar-refractivity contribution in [1.82, 2.24) is 4.72 Å². The molecule has 0 aliphatic heterocycles. The minimum absolute atomic E-state index is 0.0675. The summed E-state index contributed by atoms with van der Waals surface area (Å²) in [5.41, 5.74) is 10.9. The van der Waals surface area contributed by atoms with E-state index < -0.39 is 27.9 Å². The van der Waals surface area contributed by atoms with Gasteiger partial charge in [-0.1, -0.05) is 26.0 Å². The lowest BCUT2D eigenvalue weighted by molar-refractivity contribution is -0.128. The maximum absolute atomic E-state index is 12.1. The van der Waals surface area contributed by atoms with E-state index in [-0.39, 0.29) is 4.90 Å². The van der Waals surface area contributed by atoms with Crippen molar-refractivity contribution in [2.24, 2.45) is 11.5 Å². The summed E-state index contributed by atoms with van der Waals surface area (Å²) in [7, 11) is -4.05. The van der Waals surface area contributed by atoms with Crippen molar-refractivity contribution in [3.05, 3.63) is 29.8 Å². The largest absolute Gasteiger partial charge is 0.368 e. The Morgan fingerprint density at radius 2 is 1.62 bits per heavy atom. The zero-order valence-corrected chi connectivity index (χ0v) is 12.7. The maximum Gasteiger partial charge on any atom is 0.245 e. The molecule has 0 fully saturated rings. The predicted molar refractivity (Wildman–Crippen MR) is 77.6 cm³/mol. The van der Waals surface area contributed by atoms with Gasteiger partial charge in [0.1, 0.15) is 0 Å². The van der Waals surface area contributed by atoms with E-state index in [1.165, 1.54) is 12.1 Å². The molecule has 1 aromatic carbocycles. The van der Waals surface area contributed by atoms with Crippen LogP contribution in [0.15, 0.2) is 29.2 Å². The highest BCUT2D eigenvalue weighted by Crippen LogP contribution is 2.20. The molecular formula is C13H19N3O4S. The van der Waals surface area contributed by atoms with Crippen molar-refractivity contribution in [3.63, 3.8) is 0 Å². The topological polar surface area (TPSA) is 132 Å². The van der Waals surface area contributed by atoms with Crippen LogP contribution in [0.1, 0.15) is 31.7 Å². The Hall–Kier alpha value is -1.93. The number of amides is 2. The third kappa shape index (κ3) is 4.27. The van der Waals surface area contributed by atoms with Gasteiger partial charge in [0.15, 0.2) is 6.04 Å². The summed E-state index contributed by atoms with van der Waals surface area (Å²) < 4.78 is 26.0. The number of hydrogen-bond acceptors (Lipinski definition) is 4. The Morgan fingerprint density at radius 1 is 1.14 bits per heavy atom. The third-order valence-electron chi connectivity index (χ3n) is 3.21. The first-order valence-corrected chi connectivity index (χ1v) is 7.88. The molecule has 8 heteroatoms. The minimum Gasteiger partial charge on any atom is -0.368 e. The first kappa shape index (κ1) is 17.1. The van der Waals surface area contributed by atoms with Crippen molar-refractivity contribution in [2.75, 3.05) is 0 Å². The average molecular weight is 313 g/mol. The monoisotopic (exact) mass is 313 g/mol. The fraction of sp³-hybridized carbons (Fsp3) is 0.385. The molecule has 0 aliphatic carbocycles. The second kappa shape index (κ2) is 6.68. The zero-order chi connectivity index (χ0) is 16.2. The van der Waals surface area contributed by atoms with Crippen LogP contribution in [0.3, 0.4) is 0 Å². The van der Waals surface area contributed by atoms with E-state index >= 15 is 0 Å². The minimum atomic E-state index is -4.05. The molecule has 0 heterocycles. The van der Waals surface area contributed by atoms with Gasteiger partial charge in [0.05, 0.1) is 4.90 Å². The Bertz CT molecular complexity index is 611. The van der Waals surface area contributed by atoms with Gasteiger partial charge in [-0.25, -0.2) is 8.42 Å². The van der Waals surface area contributed by atoms with Gasteiger partial charge < -0.3 is 11.5 Å². The average Bonchev–Trinajstić information content (AvgIpc) is 2.43. The number of carbonyl (C=O) groups is 2. The zero-order valence-electron chi connectivity index (χ0n) is 11.9. The number of benzene rings is 1. The molecule has 0 aliphatic rings. The SMILES string of the molecule is CCC(C)c1ccc(S(=O)(=O)NC(C(N)=O)C(N)=O)cc1. The molecule has 2 amide bonds. The number of sulfonamides is 1. The van der Waals surface area contributed by atoms with Crippen LogP contribution in [0, 0.1) is 0 Å². The Kier molecular flexibility index (Phi) is 5.45. The van der Waals surface area contributed by atoms with Crippen molar-refractivity contribution >= 4 is 21.8 Å². The molecule has 116 valence electrons. The molecule has 0 radical (unpaired) electrons. The fourth-order valence-corrected chi connectivity index (χ4v) is 2.86. The fourth-order valence-electron chi connectivity index (χ4n) is 1.69. The highest BCUT2D eigenvalue weighted by molar-refractivity contribution is 7.89. The number of nitrogens with one attached hydrogen (secondary N) is 1. The van der Waals surface area contributed by atoms with Gasteiger partial charge >= 0.3 is 0 Å². The lowest BCUT2D eigenvalue weighted by Crippen LogP contribution is -2.52. The van der Waals surface area contributed by atoms with Gasteiger partial charge in [0, 0.05) is 0 Å². The molecular weight excluding hydrogens is 294 g/mol. The van der Waals surface area contributed by atoms with E-state index in [2.05, 4.69) is 0 Å². The summed E-state index contributed by atoms with van der Waals surface area (Å²) in [5, 5.41) is 0. The number of rotatable bonds is 7. The van der Waals surface area contributed by atoms with Crippen LogP contribution in [0.5, 0.6) is 0 Å². The molecule has 1 rings (SSSR count). The molecule has 0 saturated heterocycles. The lowest BCUT2D eigenvalue weighted by Gasteiger charge is -2.13. The normalized spacial score (nSPS) is 13.1. The lowest BCUT2D eigenvalue weighted by atomic mass is 9.99. The summed E-state index contributed by atoms with van der Waals surface area (Å²) in [6.07, 6.45) is 0.926. The molecule has 5 N–H and O–H groups in total. The number of hydrogen-bond donors (Lipinski definition) is 3. The van der Waals surface area contributed by atoms with E-state index in [0.717, 1.165) is 12.0 Å². The van der Waals surface area contributed by atoms with Crippen LogP contribution < -0.4 is 16.2 Å². The van der Waals surface area contributed by atoms with E-state index in [4.69, 9.17) is 11.5 Å². The summed E-state index contributed by atoms with van der Waals surface area (Å²) in [5.74, 6) is -2.00. The van der Waals surface area contributed by atoms with Crippen LogP contribution in [0.2, 0.25) is 0 Å². The molecule has 0 saturated carbocycles. The van der Waals surface area contributed by atoms with Gasteiger partial charge in [-0.15, -0.1) is 0 Å². The van der Waals surface area contributed by atoms with Gasteiger partial charge in [-0.3, -0.25) is 9.59 Å². The first-order valence-electron chi connectivity index (χ1n) is 6.40. The van der Waals surface area contributed by atoms with E-state index in [1.807, 2.05) is 18.6 Å². The van der Waals surface area contributed by atoms with Crippen LogP contribution in [0.4, 0.5) is 0 Å². The molecule has 21 heavy (non-hydrogen) atoms. The Balaban J connectivity index is 3.03. The maximum atomic E-state index is 12.1. The predicted octanol–water partition coefficient (Wildman–Crippen LogP) is -0.182. The molecule has 0 aromatic heterocycles. The molecule has 1 atom stereocenters. The highest BCUT2D eigenvalue weighted by Gasteiger charge is 2.28.